The molecule has 1 aromatic carbocycles. The summed E-state index contributed by atoms with van der Waals surface area (Å²) in [5.74, 6) is 0. The second-order valence-corrected chi connectivity index (χ2v) is 3.87. The van der Waals surface area contributed by atoms with Gasteiger partial charge < -0.3 is 11.5 Å². The lowest BCUT2D eigenvalue weighted by molar-refractivity contribution is 0.382. The number of fused-ring (bicyclic) bond motifs is 1. The maximum atomic E-state index is 6.24. The maximum absolute atomic E-state index is 6.24. The van der Waals surface area contributed by atoms with E-state index in [4.69, 9.17) is 11.5 Å². The van der Waals surface area contributed by atoms with E-state index in [1.807, 2.05) is 6.07 Å². The summed E-state index contributed by atoms with van der Waals surface area (Å²) in [7, 11) is 0. The van der Waals surface area contributed by atoms with Crippen molar-refractivity contribution in [1.29, 1.82) is 0 Å². The maximum Gasteiger partial charge on any atom is 0.0536 e. The molecule has 0 spiro atoms. The minimum Gasteiger partial charge on any atom is -0.328 e. The standard InChI is InChI=1S/C11H16N2/c12-8-11(13)7-3-5-9-4-1-2-6-10(9)11/h1-2,4,6H,3,5,7-8,12-13H2. The zero-order valence-electron chi connectivity index (χ0n) is 7.79. The van der Waals surface area contributed by atoms with Gasteiger partial charge in [-0.25, -0.2) is 0 Å². The highest BCUT2D eigenvalue weighted by atomic mass is 14.8. The largest absolute Gasteiger partial charge is 0.328 e. The number of aryl methyl sites for hydroxylation is 1. The zero-order valence-corrected chi connectivity index (χ0v) is 7.79. The van der Waals surface area contributed by atoms with Crippen molar-refractivity contribution in [3.8, 4) is 0 Å². The van der Waals surface area contributed by atoms with Gasteiger partial charge in [0.25, 0.3) is 0 Å². The first-order chi connectivity index (χ1) is 6.26. The van der Waals surface area contributed by atoms with E-state index >= 15 is 0 Å². The summed E-state index contributed by atoms with van der Waals surface area (Å²) in [6, 6.07) is 8.38. The first-order valence-electron chi connectivity index (χ1n) is 4.83. The summed E-state index contributed by atoms with van der Waals surface area (Å²) in [5.41, 5.74) is 14.3. The predicted octanol–water partition coefficient (Wildman–Crippen LogP) is 1.14. The molecule has 0 aromatic heterocycles. The van der Waals surface area contributed by atoms with Crippen molar-refractivity contribution in [3.63, 3.8) is 0 Å². The number of rotatable bonds is 1. The number of benzene rings is 1. The van der Waals surface area contributed by atoms with E-state index in [0.717, 1.165) is 19.3 Å². The SMILES string of the molecule is NCC1(N)CCCc2ccccc21. The molecule has 0 heterocycles. The molecule has 70 valence electrons. The summed E-state index contributed by atoms with van der Waals surface area (Å²) in [4.78, 5) is 0. The van der Waals surface area contributed by atoms with Crippen LogP contribution in [0.3, 0.4) is 0 Å². The molecule has 0 aliphatic heterocycles. The van der Waals surface area contributed by atoms with Crippen molar-refractivity contribution in [1.82, 2.24) is 0 Å². The normalized spacial score (nSPS) is 26.9. The molecular formula is C11H16N2. The van der Waals surface area contributed by atoms with Gasteiger partial charge in [0, 0.05) is 6.54 Å². The Balaban J connectivity index is 2.48. The van der Waals surface area contributed by atoms with Gasteiger partial charge in [0.15, 0.2) is 0 Å². The second kappa shape index (κ2) is 3.13. The number of hydrogen-bond acceptors (Lipinski definition) is 2. The van der Waals surface area contributed by atoms with Crippen LogP contribution < -0.4 is 11.5 Å². The summed E-state index contributed by atoms with van der Waals surface area (Å²) < 4.78 is 0. The Morgan fingerprint density at radius 1 is 1.31 bits per heavy atom. The smallest absolute Gasteiger partial charge is 0.0536 e. The summed E-state index contributed by atoms with van der Waals surface area (Å²) in [6.07, 6.45) is 3.32. The summed E-state index contributed by atoms with van der Waals surface area (Å²) in [5, 5.41) is 0. The fraction of sp³-hybridized carbons (Fsp3) is 0.455. The Morgan fingerprint density at radius 2 is 2.08 bits per heavy atom. The van der Waals surface area contributed by atoms with Gasteiger partial charge >= 0.3 is 0 Å². The van der Waals surface area contributed by atoms with Crippen molar-refractivity contribution < 1.29 is 0 Å². The minimum atomic E-state index is -0.269. The lowest BCUT2D eigenvalue weighted by atomic mass is 9.77. The van der Waals surface area contributed by atoms with Gasteiger partial charge in [-0.1, -0.05) is 24.3 Å². The van der Waals surface area contributed by atoms with Gasteiger partial charge in [-0.2, -0.15) is 0 Å². The minimum absolute atomic E-state index is 0.269. The quantitative estimate of drug-likeness (QED) is 0.674. The molecule has 1 aliphatic rings. The van der Waals surface area contributed by atoms with Crippen molar-refractivity contribution >= 4 is 0 Å². The van der Waals surface area contributed by atoms with E-state index in [0.29, 0.717) is 6.54 Å². The van der Waals surface area contributed by atoms with E-state index in [1.54, 1.807) is 0 Å². The van der Waals surface area contributed by atoms with Crippen LogP contribution in [0.25, 0.3) is 0 Å². The van der Waals surface area contributed by atoms with Crippen LogP contribution in [0.5, 0.6) is 0 Å². The highest BCUT2D eigenvalue weighted by Gasteiger charge is 2.30. The van der Waals surface area contributed by atoms with Crippen LogP contribution in [0, 0.1) is 0 Å². The third-order valence-corrected chi connectivity index (χ3v) is 2.99. The molecule has 13 heavy (non-hydrogen) atoms. The highest BCUT2D eigenvalue weighted by Crippen LogP contribution is 2.32. The molecule has 0 amide bonds. The van der Waals surface area contributed by atoms with Crippen LogP contribution in [-0.4, -0.2) is 6.54 Å². The molecule has 0 radical (unpaired) electrons. The summed E-state index contributed by atoms with van der Waals surface area (Å²) >= 11 is 0. The fourth-order valence-electron chi connectivity index (χ4n) is 2.17. The lowest BCUT2D eigenvalue weighted by Gasteiger charge is -2.34. The van der Waals surface area contributed by atoms with Gasteiger partial charge in [-0.05, 0) is 30.4 Å². The Labute approximate surface area is 78.9 Å². The Bertz CT molecular complexity index is 309. The molecular weight excluding hydrogens is 160 g/mol. The molecule has 1 atom stereocenters. The molecule has 4 N–H and O–H groups in total. The topological polar surface area (TPSA) is 52.0 Å². The van der Waals surface area contributed by atoms with Gasteiger partial charge in [0.2, 0.25) is 0 Å². The van der Waals surface area contributed by atoms with Crippen LogP contribution >= 0.6 is 0 Å². The third-order valence-electron chi connectivity index (χ3n) is 2.99. The molecule has 0 saturated carbocycles. The van der Waals surface area contributed by atoms with Crippen LogP contribution in [0.2, 0.25) is 0 Å². The van der Waals surface area contributed by atoms with Crippen LogP contribution in [-0.2, 0) is 12.0 Å². The average molecular weight is 176 g/mol. The molecule has 2 nitrogen and oxygen atoms in total. The van der Waals surface area contributed by atoms with Crippen LogP contribution in [0.15, 0.2) is 24.3 Å². The monoisotopic (exact) mass is 176 g/mol. The zero-order chi connectivity index (χ0) is 9.31. The van der Waals surface area contributed by atoms with Crippen LogP contribution in [0.1, 0.15) is 24.0 Å². The molecule has 2 heteroatoms. The molecule has 1 aliphatic carbocycles. The van der Waals surface area contributed by atoms with E-state index < -0.39 is 0 Å². The summed E-state index contributed by atoms with van der Waals surface area (Å²) in [6.45, 7) is 0.546. The molecule has 1 unspecified atom stereocenters. The van der Waals surface area contributed by atoms with Gasteiger partial charge in [-0.3, -0.25) is 0 Å². The van der Waals surface area contributed by atoms with E-state index in [9.17, 15) is 0 Å². The van der Waals surface area contributed by atoms with Gasteiger partial charge in [0.1, 0.15) is 0 Å². The Hall–Kier alpha value is -0.860. The highest BCUT2D eigenvalue weighted by molar-refractivity contribution is 5.36. The van der Waals surface area contributed by atoms with E-state index in [1.165, 1.54) is 11.1 Å². The average Bonchev–Trinajstić information content (AvgIpc) is 2.19. The van der Waals surface area contributed by atoms with Crippen molar-refractivity contribution in [2.24, 2.45) is 11.5 Å². The van der Waals surface area contributed by atoms with Gasteiger partial charge in [0.05, 0.1) is 5.54 Å². The Kier molecular flexibility index (Phi) is 2.10. The molecule has 2 rings (SSSR count). The van der Waals surface area contributed by atoms with E-state index in [2.05, 4.69) is 18.2 Å². The van der Waals surface area contributed by atoms with Gasteiger partial charge in [-0.15, -0.1) is 0 Å². The first-order valence-corrected chi connectivity index (χ1v) is 4.83. The van der Waals surface area contributed by atoms with E-state index in [-0.39, 0.29) is 5.54 Å². The molecule has 1 aromatic rings. The predicted molar refractivity (Wildman–Crippen MR) is 54.3 cm³/mol. The number of hydrogen-bond donors (Lipinski definition) is 2. The van der Waals surface area contributed by atoms with Crippen LogP contribution in [0.4, 0.5) is 0 Å². The lowest BCUT2D eigenvalue weighted by Crippen LogP contribution is -2.46. The molecule has 0 fully saturated rings. The molecule has 0 bridgehead atoms. The fourth-order valence-corrected chi connectivity index (χ4v) is 2.17. The third kappa shape index (κ3) is 1.36. The number of nitrogens with two attached hydrogens (primary N) is 2. The molecule has 0 saturated heterocycles. The van der Waals surface area contributed by atoms with Crippen molar-refractivity contribution in [3.05, 3.63) is 35.4 Å². The van der Waals surface area contributed by atoms with Crippen molar-refractivity contribution in [2.45, 2.75) is 24.8 Å². The second-order valence-electron chi connectivity index (χ2n) is 3.87. The first kappa shape index (κ1) is 8.73. The Morgan fingerprint density at radius 3 is 2.85 bits per heavy atom. The van der Waals surface area contributed by atoms with Crippen molar-refractivity contribution in [2.75, 3.05) is 6.54 Å².